The van der Waals surface area contributed by atoms with Gasteiger partial charge in [-0.3, -0.25) is 4.79 Å². The average molecular weight is 228 g/mol. The van der Waals surface area contributed by atoms with E-state index in [0.29, 0.717) is 19.4 Å². The molecule has 0 aromatic rings. The van der Waals surface area contributed by atoms with E-state index in [-0.39, 0.29) is 5.81 Å². The standard InChI is InChI=1S/C8H18B2N2O4/c1-10(16)11-5-3-2-4-6(7(13)14)12-8(9)15/h6,11,16H,2-5,9H2,1H3,(H,12,15)(H,13,14). The van der Waals surface area contributed by atoms with Crippen LogP contribution in [0.2, 0.25) is 6.82 Å². The Hall–Kier alpha value is -1.01. The minimum Gasteiger partial charge on any atom is -0.480 e. The van der Waals surface area contributed by atoms with E-state index in [0.717, 1.165) is 6.42 Å². The van der Waals surface area contributed by atoms with E-state index in [9.17, 15) is 9.59 Å². The summed E-state index contributed by atoms with van der Waals surface area (Å²) >= 11 is 0. The highest BCUT2D eigenvalue weighted by Crippen LogP contribution is 2.01. The number of nitrogens with one attached hydrogen (secondary N) is 2. The minimum atomic E-state index is -1.02. The van der Waals surface area contributed by atoms with Crippen molar-refractivity contribution in [2.24, 2.45) is 0 Å². The molecule has 0 bridgehead atoms. The Morgan fingerprint density at radius 2 is 2.06 bits per heavy atom. The molecule has 0 saturated carbocycles. The van der Waals surface area contributed by atoms with E-state index in [2.05, 4.69) is 10.5 Å². The Labute approximate surface area is 96.3 Å². The summed E-state index contributed by atoms with van der Waals surface area (Å²) in [6.07, 6.45) is 1.83. The lowest BCUT2D eigenvalue weighted by Gasteiger charge is -2.13. The van der Waals surface area contributed by atoms with Crippen LogP contribution in [0.15, 0.2) is 0 Å². The van der Waals surface area contributed by atoms with Crippen molar-refractivity contribution < 1.29 is 19.7 Å². The van der Waals surface area contributed by atoms with Crippen molar-refractivity contribution in [3.63, 3.8) is 0 Å². The summed E-state index contributed by atoms with van der Waals surface area (Å²) in [5.41, 5.74) is 0. The van der Waals surface area contributed by atoms with Gasteiger partial charge in [-0.15, -0.1) is 0 Å². The van der Waals surface area contributed by atoms with Gasteiger partial charge in [-0.1, -0.05) is 0 Å². The molecule has 0 radical (unpaired) electrons. The van der Waals surface area contributed by atoms with Gasteiger partial charge in [-0.2, -0.15) is 0 Å². The number of aliphatic carboxylic acids is 1. The Morgan fingerprint density at radius 3 is 2.50 bits per heavy atom. The third kappa shape index (κ3) is 8.31. The summed E-state index contributed by atoms with van der Waals surface area (Å²) in [6.45, 7) is 2.25. The van der Waals surface area contributed by atoms with E-state index >= 15 is 0 Å². The first kappa shape index (κ1) is 15.0. The third-order valence-electron chi connectivity index (χ3n) is 2.03. The van der Waals surface area contributed by atoms with Gasteiger partial charge < -0.3 is 20.7 Å². The topological polar surface area (TPSA) is 98.7 Å². The summed E-state index contributed by atoms with van der Waals surface area (Å²) in [6, 6.07) is -0.816. The van der Waals surface area contributed by atoms with Gasteiger partial charge in [0.15, 0.2) is 5.81 Å². The van der Waals surface area contributed by atoms with Crippen LogP contribution in [-0.4, -0.2) is 49.4 Å². The van der Waals surface area contributed by atoms with E-state index in [1.54, 1.807) is 6.82 Å². The number of carboxylic acids is 1. The van der Waals surface area contributed by atoms with Crippen LogP contribution in [-0.2, 0) is 4.79 Å². The fourth-order valence-corrected chi connectivity index (χ4v) is 1.29. The highest BCUT2D eigenvalue weighted by atomic mass is 16.4. The van der Waals surface area contributed by atoms with Crippen LogP contribution < -0.4 is 10.5 Å². The molecule has 0 fully saturated rings. The molecule has 6 nitrogen and oxygen atoms in total. The van der Waals surface area contributed by atoms with Crippen LogP contribution in [0.4, 0.5) is 4.79 Å². The van der Waals surface area contributed by atoms with Gasteiger partial charge in [0, 0.05) is 0 Å². The van der Waals surface area contributed by atoms with Crippen molar-refractivity contribution in [2.45, 2.75) is 32.1 Å². The smallest absolute Gasteiger partial charge is 0.373 e. The van der Waals surface area contributed by atoms with Crippen molar-refractivity contribution in [3.05, 3.63) is 0 Å². The molecule has 1 amide bonds. The van der Waals surface area contributed by atoms with Crippen molar-refractivity contribution in [1.29, 1.82) is 0 Å². The molecule has 0 aromatic carbocycles. The predicted octanol–water partition coefficient (Wildman–Crippen LogP) is -1.35. The van der Waals surface area contributed by atoms with Crippen molar-refractivity contribution >= 4 is 26.7 Å². The molecule has 0 aliphatic heterocycles. The predicted molar refractivity (Wildman–Crippen MR) is 64.2 cm³/mol. The van der Waals surface area contributed by atoms with Crippen molar-refractivity contribution in [3.8, 4) is 0 Å². The molecule has 90 valence electrons. The summed E-state index contributed by atoms with van der Waals surface area (Å²) in [5, 5.41) is 22.9. The lowest BCUT2D eigenvalue weighted by molar-refractivity contribution is -0.139. The highest BCUT2D eigenvalue weighted by molar-refractivity contribution is 6.57. The van der Waals surface area contributed by atoms with Crippen LogP contribution in [0, 0.1) is 0 Å². The minimum absolute atomic E-state index is 0.338. The monoisotopic (exact) mass is 228 g/mol. The zero-order valence-electron chi connectivity index (χ0n) is 9.69. The molecule has 1 atom stereocenters. The van der Waals surface area contributed by atoms with Gasteiger partial charge in [0.05, 0.1) is 0 Å². The van der Waals surface area contributed by atoms with Crippen LogP contribution in [0.25, 0.3) is 0 Å². The molecular weight excluding hydrogens is 210 g/mol. The lowest BCUT2D eigenvalue weighted by atomic mass is 9.89. The second kappa shape index (κ2) is 8.18. The number of carbonyl (C=O) groups excluding carboxylic acids is 1. The molecular formula is C8H18B2N2O4. The molecule has 4 N–H and O–H groups in total. The maximum Gasteiger partial charge on any atom is 0.373 e. The molecule has 16 heavy (non-hydrogen) atoms. The average Bonchev–Trinajstić information content (AvgIpc) is 2.14. The maximum absolute atomic E-state index is 10.7. The van der Waals surface area contributed by atoms with E-state index in [1.807, 2.05) is 0 Å². The molecule has 0 saturated heterocycles. The molecule has 0 rings (SSSR count). The van der Waals surface area contributed by atoms with Crippen LogP contribution in [0.1, 0.15) is 19.3 Å². The molecule has 0 aliphatic carbocycles. The molecule has 8 heteroatoms. The summed E-state index contributed by atoms with van der Waals surface area (Å²) in [4.78, 5) is 21.5. The Morgan fingerprint density at radius 1 is 1.44 bits per heavy atom. The zero-order chi connectivity index (χ0) is 12.6. The Balaban J connectivity index is 3.69. The van der Waals surface area contributed by atoms with Crippen LogP contribution in [0.5, 0.6) is 0 Å². The second-order valence-corrected chi connectivity index (χ2v) is 3.72. The van der Waals surface area contributed by atoms with Gasteiger partial charge in [-0.25, -0.2) is 4.79 Å². The maximum atomic E-state index is 10.7. The number of hydrogen-bond donors (Lipinski definition) is 4. The van der Waals surface area contributed by atoms with E-state index < -0.39 is 19.1 Å². The van der Waals surface area contributed by atoms with Gasteiger partial charge >= 0.3 is 13.0 Å². The van der Waals surface area contributed by atoms with Gasteiger partial charge in [0.1, 0.15) is 6.04 Å². The SMILES string of the molecule is BC(=O)NC(CCCCNB(C)O)C(=O)O. The number of carbonyl (C=O) groups is 2. The first-order valence-corrected chi connectivity index (χ1v) is 5.35. The quantitative estimate of drug-likeness (QED) is 0.304. The molecule has 0 heterocycles. The number of amides is 1. The summed E-state index contributed by atoms with van der Waals surface area (Å²) in [5.74, 6) is -1.35. The van der Waals surface area contributed by atoms with Gasteiger partial charge in [0.2, 0.25) is 7.85 Å². The normalized spacial score (nSPS) is 11.9. The van der Waals surface area contributed by atoms with Gasteiger partial charge in [-0.05, 0) is 32.6 Å². The summed E-state index contributed by atoms with van der Waals surface area (Å²) < 4.78 is 0. The number of carboxylic acid groups (broad SMARTS) is 1. The first-order valence-electron chi connectivity index (χ1n) is 5.35. The number of unbranched alkanes of at least 4 members (excludes halogenated alkanes) is 1. The fourth-order valence-electron chi connectivity index (χ4n) is 1.29. The number of rotatable bonds is 8. The first-order chi connectivity index (χ1) is 7.43. The Kier molecular flexibility index (Phi) is 7.66. The van der Waals surface area contributed by atoms with E-state index in [1.165, 1.54) is 7.85 Å². The lowest BCUT2D eigenvalue weighted by Crippen LogP contribution is -2.40. The summed E-state index contributed by atoms with van der Waals surface area (Å²) in [7, 11) is 0.746. The Bertz CT molecular complexity index is 238. The van der Waals surface area contributed by atoms with E-state index in [4.69, 9.17) is 10.1 Å². The second-order valence-electron chi connectivity index (χ2n) is 3.72. The molecule has 0 spiro atoms. The van der Waals surface area contributed by atoms with Gasteiger partial charge in [0.25, 0.3) is 0 Å². The molecule has 1 unspecified atom stereocenters. The number of hydrogen-bond acceptors (Lipinski definition) is 4. The third-order valence-corrected chi connectivity index (χ3v) is 2.03. The van der Waals surface area contributed by atoms with Crippen molar-refractivity contribution in [2.75, 3.05) is 6.54 Å². The molecule has 0 aromatic heterocycles. The van der Waals surface area contributed by atoms with Crippen LogP contribution in [0.3, 0.4) is 0 Å². The zero-order valence-corrected chi connectivity index (χ0v) is 9.69. The van der Waals surface area contributed by atoms with Crippen molar-refractivity contribution in [1.82, 2.24) is 10.5 Å². The molecule has 0 aliphatic rings. The van der Waals surface area contributed by atoms with Crippen LogP contribution >= 0.6 is 0 Å². The highest BCUT2D eigenvalue weighted by Gasteiger charge is 2.17. The largest absolute Gasteiger partial charge is 0.480 e. The fraction of sp³-hybridized carbons (Fsp3) is 0.750.